The highest BCUT2D eigenvalue weighted by Crippen LogP contribution is 2.27. The van der Waals surface area contributed by atoms with Crippen molar-refractivity contribution >= 4 is 17.5 Å². The predicted molar refractivity (Wildman–Crippen MR) is 70.0 cm³/mol. The van der Waals surface area contributed by atoms with E-state index in [9.17, 15) is 20.0 Å². The lowest BCUT2D eigenvalue weighted by Crippen LogP contribution is -2.37. The first kappa shape index (κ1) is 14.9. The smallest absolute Gasteiger partial charge is 0.311 e. The third kappa shape index (κ3) is 3.40. The summed E-state index contributed by atoms with van der Waals surface area (Å²) in [6.07, 6.45) is 2.27. The number of hydrogen-bond acceptors (Lipinski definition) is 5. The number of carboxylic acids is 1. The topological polar surface area (TPSA) is 105 Å². The van der Waals surface area contributed by atoms with Crippen molar-refractivity contribution in [1.82, 2.24) is 4.98 Å². The van der Waals surface area contributed by atoms with Crippen LogP contribution in [0.3, 0.4) is 0 Å². The number of nitro groups is 1. The van der Waals surface area contributed by atoms with Gasteiger partial charge >= 0.3 is 5.97 Å². The van der Waals surface area contributed by atoms with Crippen molar-refractivity contribution in [2.75, 3.05) is 11.9 Å². The molecule has 7 nitrogen and oxygen atoms in total. The Labute approximate surface area is 110 Å². The van der Waals surface area contributed by atoms with Gasteiger partial charge in [-0.3, -0.25) is 14.9 Å². The fourth-order valence-electron chi connectivity index (χ4n) is 1.77. The number of carboxylic acid groups (broad SMARTS) is 1. The van der Waals surface area contributed by atoms with E-state index < -0.39 is 16.3 Å². The molecule has 0 aliphatic heterocycles. The Balaban J connectivity index is 2.83. The lowest BCUT2D eigenvalue weighted by molar-refractivity contribution is -0.384. The third-order valence-corrected chi connectivity index (χ3v) is 3.37. The standard InChI is InChI=1S/C12H17N3O4/c1-3-12(4-2,11(16)17)8-14-10-7-9(15(18)19)5-6-13-10/h5-7H,3-4,8H2,1-2H3,(H,13,14)(H,16,17). The molecular weight excluding hydrogens is 250 g/mol. The van der Waals surface area contributed by atoms with E-state index in [0.717, 1.165) is 0 Å². The number of carbonyl (C=O) groups is 1. The summed E-state index contributed by atoms with van der Waals surface area (Å²) in [6, 6.07) is 2.58. The van der Waals surface area contributed by atoms with Crippen LogP contribution >= 0.6 is 0 Å². The highest BCUT2D eigenvalue weighted by Gasteiger charge is 2.34. The van der Waals surface area contributed by atoms with Gasteiger partial charge in [0.1, 0.15) is 5.82 Å². The van der Waals surface area contributed by atoms with E-state index in [1.165, 1.54) is 18.3 Å². The zero-order chi connectivity index (χ0) is 14.5. The van der Waals surface area contributed by atoms with Gasteiger partial charge in [-0.2, -0.15) is 0 Å². The Hall–Kier alpha value is -2.18. The van der Waals surface area contributed by atoms with Gasteiger partial charge in [0.2, 0.25) is 0 Å². The first-order chi connectivity index (χ1) is 8.95. The highest BCUT2D eigenvalue weighted by molar-refractivity contribution is 5.75. The molecule has 0 radical (unpaired) electrons. The van der Waals surface area contributed by atoms with E-state index >= 15 is 0 Å². The zero-order valence-electron chi connectivity index (χ0n) is 10.9. The average molecular weight is 267 g/mol. The maximum Gasteiger partial charge on any atom is 0.311 e. The van der Waals surface area contributed by atoms with Gasteiger partial charge in [0, 0.05) is 18.8 Å². The maximum absolute atomic E-state index is 11.3. The normalized spacial score (nSPS) is 11.1. The van der Waals surface area contributed by atoms with Gasteiger partial charge in [0.05, 0.1) is 16.4 Å². The van der Waals surface area contributed by atoms with Gasteiger partial charge in [-0.15, -0.1) is 0 Å². The van der Waals surface area contributed by atoms with Crippen LogP contribution in [0.1, 0.15) is 26.7 Å². The Bertz CT molecular complexity index is 472. The number of nitrogens with one attached hydrogen (secondary N) is 1. The third-order valence-electron chi connectivity index (χ3n) is 3.37. The van der Waals surface area contributed by atoms with E-state index in [4.69, 9.17) is 0 Å². The molecule has 0 bridgehead atoms. The van der Waals surface area contributed by atoms with Crippen molar-refractivity contribution in [3.05, 3.63) is 28.4 Å². The largest absolute Gasteiger partial charge is 0.481 e. The summed E-state index contributed by atoms with van der Waals surface area (Å²) >= 11 is 0. The lowest BCUT2D eigenvalue weighted by atomic mass is 9.82. The molecule has 0 atom stereocenters. The molecule has 7 heteroatoms. The first-order valence-corrected chi connectivity index (χ1v) is 6.03. The van der Waals surface area contributed by atoms with Crippen LogP contribution in [-0.2, 0) is 4.79 Å². The highest BCUT2D eigenvalue weighted by atomic mass is 16.6. The number of rotatable bonds is 7. The Morgan fingerprint density at radius 2 is 2.16 bits per heavy atom. The van der Waals surface area contributed by atoms with Crippen LogP contribution in [0.25, 0.3) is 0 Å². The molecule has 19 heavy (non-hydrogen) atoms. The van der Waals surface area contributed by atoms with Crippen LogP contribution in [0.4, 0.5) is 11.5 Å². The number of aromatic nitrogens is 1. The lowest BCUT2D eigenvalue weighted by Gasteiger charge is -2.27. The van der Waals surface area contributed by atoms with E-state index in [1.807, 2.05) is 0 Å². The minimum atomic E-state index is -0.883. The molecule has 0 amide bonds. The summed E-state index contributed by atoms with van der Waals surface area (Å²) in [6.45, 7) is 3.80. The van der Waals surface area contributed by atoms with Gasteiger partial charge in [-0.25, -0.2) is 4.98 Å². The monoisotopic (exact) mass is 267 g/mol. The Morgan fingerprint density at radius 3 is 2.63 bits per heavy atom. The molecular formula is C12H17N3O4. The van der Waals surface area contributed by atoms with E-state index in [2.05, 4.69) is 10.3 Å². The second-order valence-corrected chi connectivity index (χ2v) is 4.30. The summed E-state index contributed by atoms with van der Waals surface area (Å²) < 4.78 is 0. The predicted octanol–water partition coefficient (Wildman–Crippen LogP) is 2.29. The molecule has 104 valence electrons. The fraction of sp³-hybridized carbons (Fsp3) is 0.500. The fourth-order valence-corrected chi connectivity index (χ4v) is 1.77. The number of aliphatic carboxylic acids is 1. The minimum absolute atomic E-state index is 0.0774. The number of pyridine rings is 1. The second-order valence-electron chi connectivity index (χ2n) is 4.30. The molecule has 0 saturated heterocycles. The SMILES string of the molecule is CCC(CC)(CNc1cc([N+](=O)[O-])ccn1)C(=O)O. The van der Waals surface area contributed by atoms with E-state index in [0.29, 0.717) is 18.7 Å². The first-order valence-electron chi connectivity index (χ1n) is 6.03. The van der Waals surface area contributed by atoms with Crippen LogP contribution < -0.4 is 5.32 Å². The molecule has 0 spiro atoms. The van der Waals surface area contributed by atoms with Crippen molar-refractivity contribution in [3.63, 3.8) is 0 Å². The van der Waals surface area contributed by atoms with Gasteiger partial charge in [-0.05, 0) is 12.8 Å². The summed E-state index contributed by atoms with van der Waals surface area (Å²) in [4.78, 5) is 25.4. The van der Waals surface area contributed by atoms with Crippen molar-refractivity contribution in [2.45, 2.75) is 26.7 Å². The summed E-state index contributed by atoms with van der Waals surface area (Å²) in [7, 11) is 0. The molecule has 1 aromatic heterocycles. The maximum atomic E-state index is 11.3. The Morgan fingerprint density at radius 1 is 1.53 bits per heavy atom. The van der Waals surface area contributed by atoms with E-state index in [1.54, 1.807) is 13.8 Å². The molecule has 0 aliphatic rings. The summed E-state index contributed by atoms with van der Waals surface area (Å²) in [5.74, 6) is -0.572. The molecule has 0 fully saturated rings. The van der Waals surface area contributed by atoms with Crippen molar-refractivity contribution < 1.29 is 14.8 Å². The average Bonchev–Trinajstić information content (AvgIpc) is 2.40. The Kier molecular flexibility index (Phi) is 4.80. The molecule has 1 heterocycles. The molecule has 0 aliphatic carbocycles. The zero-order valence-corrected chi connectivity index (χ0v) is 10.9. The van der Waals surface area contributed by atoms with Gasteiger partial charge in [0.25, 0.3) is 5.69 Å². The van der Waals surface area contributed by atoms with Gasteiger partial charge in [-0.1, -0.05) is 13.8 Å². The van der Waals surface area contributed by atoms with Crippen LogP contribution in [0.2, 0.25) is 0 Å². The molecule has 0 saturated carbocycles. The molecule has 2 N–H and O–H groups in total. The van der Waals surface area contributed by atoms with Crippen LogP contribution in [0.5, 0.6) is 0 Å². The summed E-state index contributed by atoms with van der Waals surface area (Å²) in [5.41, 5.74) is -0.960. The molecule has 0 aromatic carbocycles. The van der Waals surface area contributed by atoms with Gasteiger partial charge < -0.3 is 10.4 Å². The number of hydrogen-bond donors (Lipinski definition) is 2. The van der Waals surface area contributed by atoms with Crippen LogP contribution in [0.15, 0.2) is 18.3 Å². The van der Waals surface area contributed by atoms with Crippen molar-refractivity contribution in [3.8, 4) is 0 Å². The number of anilines is 1. The molecule has 0 unspecified atom stereocenters. The summed E-state index contributed by atoms with van der Waals surface area (Å²) in [5, 5.41) is 22.8. The van der Waals surface area contributed by atoms with Crippen molar-refractivity contribution in [1.29, 1.82) is 0 Å². The van der Waals surface area contributed by atoms with Gasteiger partial charge in [0.15, 0.2) is 0 Å². The molecule has 1 rings (SSSR count). The van der Waals surface area contributed by atoms with Crippen LogP contribution in [-0.4, -0.2) is 27.5 Å². The molecule has 1 aromatic rings. The quantitative estimate of drug-likeness (QED) is 0.580. The minimum Gasteiger partial charge on any atom is -0.481 e. The second kappa shape index (κ2) is 6.12. The van der Waals surface area contributed by atoms with Crippen LogP contribution in [0, 0.1) is 15.5 Å². The van der Waals surface area contributed by atoms with Crippen molar-refractivity contribution in [2.24, 2.45) is 5.41 Å². The van der Waals surface area contributed by atoms with E-state index in [-0.39, 0.29) is 12.2 Å². The number of nitrogens with zero attached hydrogens (tertiary/aromatic N) is 2.